The molecule has 3 heterocycles. The van der Waals surface area contributed by atoms with Gasteiger partial charge in [0.1, 0.15) is 23.8 Å². The van der Waals surface area contributed by atoms with Gasteiger partial charge in [0.25, 0.3) is 0 Å². The van der Waals surface area contributed by atoms with E-state index in [2.05, 4.69) is 38.0 Å². The third-order valence-corrected chi connectivity index (χ3v) is 4.82. The first-order valence-corrected chi connectivity index (χ1v) is 9.08. The number of nitrogens with one attached hydrogen (secondary N) is 1. The van der Waals surface area contributed by atoms with Gasteiger partial charge in [-0.15, -0.1) is 10.2 Å². The van der Waals surface area contributed by atoms with Gasteiger partial charge >= 0.3 is 0 Å². The molecular weight excluding hydrogens is 364 g/mol. The van der Waals surface area contributed by atoms with Gasteiger partial charge < -0.3 is 25.4 Å². The minimum Gasteiger partial charge on any atom is -0.394 e. The van der Waals surface area contributed by atoms with Crippen molar-refractivity contribution >= 4 is 16.9 Å². The van der Waals surface area contributed by atoms with Gasteiger partial charge in [0.05, 0.1) is 12.8 Å². The summed E-state index contributed by atoms with van der Waals surface area (Å²) in [7, 11) is 0. The first kappa shape index (κ1) is 18.7. The van der Waals surface area contributed by atoms with E-state index in [1.54, 1.807) is 0 Å². The summed E-state index contributed by atoms with van der Waals surface area (Å²) >= 11 is 0. The molecule has 0 bridgehead atoms. The molecule has 5 atom stereocenters. The van der Waals surface area contributed by atoms with Crippen LogP contribution in [0.5, 0.6) is 0 Å². The van der Waals surface area contributed by atoms with Crippen molar-refractivity contribution in [3.8, 4) is 0 Å². The highest BCUT2D eigenvalue weighted by atomic mass is 16.6. The number of fused-ring (bicyclic) bond motifs is 1. The predicted octanol–water partition coefficient (Wildman–Crippen LogP) is -0.124. The number of nitrogens with zero attached hydrogens (tertiary/aromatic N) is 5. The zero-order valence-corrected chi connectivity index (χ0v) is 15.3. The molecule has 1 aliphatic rings. The van der Waals surface area contributed by atoms with Crippen LogP contribution >= 0.6 is 0 Å². The predicted molar refractivity (Wildman–Crippen MR) is 99.4 cm³/mol. The summed E-state index contributed by atoms with van der Waals surface area (Å²) < 4.78 is 6.88. The van der Waals surface area contributed by atoms with Crippen LogP contribution in [-0.4, -0.2) is 71.5 Å². The minimum absolute atomic E-state index is 0.0707. The summed E-state index contributed by atoms with van der Waals surface area (Å²) in [6.07, 6.45) is -2.07. The molecule has 0 spiro atoms. The average Bonchev–Trinajstić information content (AvgIpc) is 3.25. The largest absolute Gasteiger partial charge is 0.394 e. The molecule has 3 aromatic rings. The first-order valence-electron chi connectivity index (χ1n) is 9.08. The molecule has 0 amide bonds. The molecule has 1 aliphatic heterocycles. The Kier molecular flexibility index (Phi) is 5.18. The molecule has 10 nitrogen and oxygen atoms in total. The van der Waals surface area contributed by atoms with Crippen LogP contribution < -0.4 is 5.32 Å². The Morgan fingerprint density at radius 3 is 2.68 bits per heavy atom. The molecule has 0 unspecified atom stereocenters. The Morgan fingerprint density at radius 1 is 1.18 bits per heavy atom. The summed E-state index contributed by atoms with van der Waals surface area (Å²) in [5.41, 5.74) is 2.17. The van der Waals surface area contributed by atoms with Gasteiger partial charge in [-0.2, -0.15) is 5.10 Å². The van der Waals surface area contributed by atoms with Gasteiger partial charge in [0.2, 0.25) is 0 Å². The number of aromatic nitrogens is 5. The summed E-state index contributed by atoms with van der Waals surface area (Å²) in [6, 6.07) is 10.2. The molecule has 1 fully saturated rings. The molecule has 0 saturated carbocycles. The second-order valence-electron chi connectivity index (χ2n) is 6.93. The van der Waals surface area contributed by atoms with Gasteiger partial charge in [-0.1, -0.05) is 35.5 Å². The van der Waals surface area contributed by atoms with Crippen LogP contribution in [0.1, 0.15) is 18.7 Å². The smallest absolute Gasteiger partial charge is 0.181 e. The molecule has 148 valence electrons. The van der Waals surface area contributed by atoms with E-state index in [9.17, 15) is 15.3 Å². The Balaban J connectivity index is 1.57. The molecule has 4 N–H and O–H groups in total. The van der Waals surface area contributed by atoms with E-state index in [1.807, 2.05) is 25.1 Å². The maximum Gasteiger partial charge on any atom is 0.181 e. The van der Waals surface area contributed by atoms with Crippen LogP contribution in [0.15, 0.2) is 36.5 Å². The van der Waals surface area contributed by atoms with Gasteiger partial charge in [-0.25, -0.2) is 4.68 Å². The number of ether oxygens (including phenoxy) is 1. The van der Waals surface area contributed by atoms with Crippen LogP contribution in [0.3, 0.4) is 0 Å². The molecular formula is C18H22N6O4. The third kappa shape index (κ3) is 3.42. The normalized spacial score (nSPS) is 25.9. The van der Waals surface area contributed by atoms with E-state index in [4.69, 9.17) is 4.74 Å². The first-order chi connectivity index (χ1) is 13.6. The van der Waals surface area contributed by atoms with Crippen molar-refractivity contribution in [3.05, 3.63) is 42.1 Å². The second kappa shape index (κ2) is 7.76. The van der Waals surface area contributed by atoms with Gasteiger partial charge in [0.15, 0.2) is 17.6 Å². The third-order valence-electron chi connectivity index (χ3n) is 4.82. The minimum atomic E-state index is -1.25. The molecule has 2 aromatic heterocycles. The fraction of sp³-hybridized carbons (Fsp3) is 0.444. The van der Waals surface area contributed by atoms with E-state index in [0.717, 1.165) is 6.42 Å². The molecule has 0 radical (unpaired) electrons. The van der Waals surface area contributed by atoms with Crippen LogP contribution in [-0.2, 0) is 11.2 Å². The monoisotopic (exact) mass is 386 g/mol. The summed E-state index contributed by atoms with van der Waals surface area (Å²) in [4.78, 5) is 0. The fourth-order valence-electron chi connectivity index (χ4n) is 3.40. The van der Waals surface area contributed by atoms with E-state index in [1.165, 1.54) is 16.4 Å². The number of hydrogen-bond donors (Lipinski definition) is 4. The maximum absolute atomic E-state index is 10.2. The van der Waals surface area contributed by atoms with Crippen molar-refractivity contribution < 1.29 is 20.1 Å². The number of anilines is 1. The quantitative estimate of drug-likeness (QED) is 0.456. The highest BCUT2D eigenvalue weighted by Crippen LogP contribution is 2.31. The van der Waals surface area contributed by atoms with Crippen molar-refractivity contribution in [1.82, 2.24) is 25.2 Å². The van der Waals surface area contributed by atoms with Gasteiger partial charge in [-0.3, -0.25) is 0 Å². The van der Waals surface area contributed by atoms with Gasteiger partial charge in [-0.05, 0) is 18.9 Å². The molecule has 4 rings (SSSR count). The second-order valence-corrected chi connectivity index (χ2v) is 6.93. The van der Waals surface area contributed by atoms with Gasteiger partial charge in [0, 0.05) is 6.04 Å². The van der Waals surface area contributed by atoms with E-state index in [-0.39, 0.29) is 6.04 Å². The lowest BCUT2D eigenvalue weighted by atomic mass is 10.1. The van der Waals surface area contributed by atoms with Crippen LogP contribution in [0.2, 0.25) is 0 Å². The SMILES string of the molecule is C[C@H](Cc1ccccc1)Nc1nncc2c1nnn2[C@@H]1O[C@H](CO)[C@@H](O)[C@H]1O. The Labute approximate surface area is 160 Å². The molecule has 1 saturated heterocycles. The topological polar surface area (TPSA) is 138 Å². The number of aliphatic hydroxyl groups is 3. The number of aliphatic hydroxyl groups excluding tert-OH is 3. The van der Waals surface area contributed by atoms with Crippen molar-refractivity contribution in [2.75, 3.05) is 11.9 Å². The average molecular weight is 386 g/mol. The highest BCUT2D eigenvalue weighted by molar-refractivity contribution is 5.84. The van der Waals surface area contributed by atoms with E-state index < -0.39 is 31.1 Å². The zero-order chi connectivity index (χ0) is 19.7. The number of hydrogen-bond acceptors (Lipinski definition) is 9. The van der Waals surface area contributed by atoms with Crippen molar-refractivity contribution in [2.24, 2.45) is 0 Å². The number of rotatable bonds is 6. The molecule has 1 aromatic carbocycles. The van der Waals surface area contributed by atoms with Crippen molar-refractivity contribution in [2.45, 2.75) is 43.9 Å². The fourth-order valence-corrected chi connectivity index (χ4v) is 3.40. The highest BCUT2D eigenvalue weighted by Gasteiger charge is 2.44. The summed E-state index contributed by atoms with van der Waals surface area (Å²) in [6.45, 7) is 1.62. The van der Waals surface area contributed by atoms with Crippen LogP contribution in [0.4, 0.5) is 5.82 Å². The van der Waals surface area contributed by atoms with Crippen molar-refractivity contribution in [3.63, 3.8) is 0 Å². The Hall–Kier alpha value is -2.66. The Morgan fingerprint density at radius 2 is 1.96 bits per heavy atom. The van der Waals surface area contributed by atoms with Crippen LogP contribution in [0, 0.1) is 0 Å². The van der Waals surface area contributed by atoms with Crippen LogP contribution in [0.25, 0.3) is 11.0 Å². The zero-order valence-electron chi connectivity index (χ0n) is 15.3. The lowest BCUT2D eigenvalue weighted by molar-refractivity contribution is -0.0572. The lowest BCUT2D eigenvalue weighted by Crippen LogP contribution is -2.33. The lowest BCUT2D eigenvalue weighted by Gasteiger charge is -2.16. The standard InChI is InChI=1S/C18H22N6O4/c1-10(7-11-5-3-2-4-6-11)20-17-14-12(8-19-22-17)24(23-21-14)18-16(27)15(26)13(9-25)28-18/h2-6,8,10,13,15-16,18,25-27H,7,9H2,1H3,(H,20,22)/t10-,13-,15-,16-,18-/m1/s1. The van der Waals surface area contributed by atoms with E-state index in [0.29, 0.717) is 16.9 Å². The van der Waals surface area contributed by atoms with E-state index >= 15 is 0 Å². The molecule has 28 heavy (non-hydrogen) atoms. The molecule has 0 aliphatic carbocycles. The van der Waals surface area contributed by atoms with Crippen molar-refractivity contribution in [1.29, 1.82) is 0 Å². The summed E-state index contributed by atoms with van der Waals surface area (Å²) in [5.74, 6) is 0.471. The number of benzene rings is 1. The maximum atomic E-state index is 10.2. The molecule has 10 heteroatoms. The Bertz CT molecular complexity index is 936. The summed E-state index contributed by atoms with van der Waals surface area (Å²) in [5, 5.41) is 49.1.